The van der Waals surface area contributed by atoms with Crippen LogP contribution in [0.3, 0.4) is 0 Å². The van der Waals surface area contributed by atoms with Crippen molar-refractivity contribution >= 4 is 60.1 Å². The van der Waals surface area contributed by atoms with Gasteiger partial charge in [-0.2, -0.15) is 0 Å². The Bertz CT molecular complexity index is 3690. The molecule has 28 heteroatoms. The molecule has 28 nitrogen and oxygen atoms in total. The van der Waals surface area contributed by atoms with E-state index in [2.05, 4.69) is 55.4 Å². The minimum atomic E-state index is -2.25. The Hall–Kier alpha value is -12.8. The zero-order valence-corrected chi connectivity index (χ0v) is 56.3. The lowest BCUT2D eigenvalue weighted by Crippen LogP contribution is -2.56. The van der Waals surface area contributed by atoms with Crippen molar-refractivity contribution in [3.05, 3.63) is 203 Å². The molecule has 0 aliphatic heterocycles. The van der Waals surface area contributed by atoms with Gasteiger partial charge >= 0.3 is 60.1 Å². The summed E-state index contributed by atoms with van der Waals surface area (Å²) in [5, 5.41) is 19.0. The van der Waals surface area contributed by atoms with Gasteiger partial charge in [-0.25, -0.2) is 62.9 Å². The van der Waals surface area contributed by atoms with Crippen LogP contribution in [0.5, 0.6) is 11.5 Å². The first-order valence-electron chi connectivity index (χ1n) is 31.0. The van der Waals surface area contributed by atoms with Crippen LogP contribution >= 0.6 is 0 Å². The van der Waals surface area contributed by atoms with Crippen LogP contribution in [-0.4, -0.2) is 169 Å². The predicted octanol–water partition coefficient (Wildman–Crippen LogP) is 9.04. The summed E-state index contributed by atoms with van der Waals surface area (Å²) in [4.78, 5) is 144. The number of carbonyl (C=O) groups is 10. The second-order valence-corrected chi connectivity index (χ2v) is 23.4. The highest BCUT2D eigenvalue weighted by atomic mass is 16.6. The normalized spacial score (nSPS) is 11.4. The Kier molecular flexibility index (Phi) is 28.6. The maximum atomic E-state index is 14.3. The molecule has 0 spiro atoms. The third-order valence-electron chi connectivity index (χ3n) is 14.4. The van der Waals surface area contributed by atoms with Crippen molar-refractivity contribution < 1.29 is 105 Å². The number of hydrogen-bond acceptors (Lipinski definition) is 25. The molecule has 6 rings (SSSR count). The molecular weight excluding hydrogens is 1320 g/mol. The SMILES string of the molecule is C=CC(=O)OCC(C)(COC(=O)C=C)NC(=O)OCC(COC(=O)NC(C)(COC(=O)C=C)COC(=O)C=C)(COC(=O)NC(C)(COC(=O)C=C)COC(=O)C=C)COC(=O)C(C)Oc1ccc(-c2nc(-c3ccc(-c4ccccc4)cc3)nc(-c3ccc(-c4ccccc4)cc3)n2)c(O)c1. The number of benzene rings is 5. The minimum Gasteiger partial charge on any atom is -0.507 e. The van der Waals surface area contributed by atoms with E-state index in [0.29, 0.717) is 11.1 Å². The van der Waals surface area contributed by atoms with E-state index in [1.165, 1.54) is 45.9 Å². The summed E-state index contributed by atoms with van der Waals surface area (Å²) in [5.74, 6) is -6.71. The average Bonchev–Trinajstić information content (AvgIpc) is 0.788. The van der Waals surface area contributed by atoms with E-state index in [0.717, 1.165) is 58.7 Å². The molecular formula is C74H76N6O22. The molecule has 0 saturated heterocycles. The van der Waals surface area contributed by atoms with Gasteiger partial charge in [-0.1, -0.05) is 149 Å². The van der Waals surface area contributed by atoms with Crippen LogP contribution < -0.4 is 20.7 Å². The molecule has 0 bridgehead atoms. The van der Waals surface area contributed by atoms with Crippen LogP contribution in [0.1, 0.15) is 27.7 Å². The number of nitrogens with one attached hydrogen (secondary N) is 3. The summed E-state index contributed by atoms with van der Waals surface area (Å²) in [6, 6.07) is 38.8. The van der Waals surface area contributed by atoms with E-state index >= 15 is 0 Å². The Morgan fingerprint density at radius 3 is 0.971 bits per heavy atom. The molecule has 0 saturated carbocycles. The molecule has 5 aromatic carbocycles. The quantitative estimate of drug-likeness (QED) is 0.0160. The summed E-state index contributed by atoms with van der Waals surface area (Å²) >= 11 is 0. The van der Waals surface area contributed by atoms with Gasteiger partial charge in [0, 0.05) is 53.6 Å². The fourth-order valence-electron chi connectivity index (χ4n) is 8.84. The van der Waals surface area contributed by atoms with E-state index in [4.69, 9.17) is 67.1 Å². The zero-order valence-electron chi connectivity index (χ0n) is 56.3. The molecule has 534 valence electrons. The maximum absolute atomic E-state index is 14.3. The van der Waals surface area contributed by atoms with Crippen molar-refractivity contribution in [2.45, 2.75) is 50.4 Å². The lowest BCUT2D eigenvalue weighted by Gasteiger charge is -2.35. The van der Waals surface area contributed by atoms with Crippen molar-refractivity contribution in [3.63, 3.8) is 0 Å². The second-order valence-electron chi connectivity index (χ2n) is 23.4. The van der Waals surface area contributed by atoms with Gasteiger partial charge in [-0.05, 0) is 62.1 Å². The number of nitrogens with zero attached hydrogens (tertiary/aromatic N) is 3. The summed E-state index contributed by atoms with van der Waals surface area (Å²) in [6.45, 7) is 17.0. The molecule has 1 atom stereocenters. The summed E-state index contributed by atoms with van der Waals surface area (Å²) in [7, 11) is 0. The number of aromatic nitrogens is 3. The molecule has 102 heavy (non-hydrogen) atoms. The van der Waals surface area contributed by atoms with Gasteiger partial charge in [-0.3, -0.25) is 0 Å². The molecule has 0 aliphatic carbocycles. The number of hydrogen-bond donors (Lipinski definition) is 4. The lowest BCUT2D eigenvalue weighted by molar-refractivity contribution is -0.159. The topological polar surface area (TPSA) is 367 Å². The number of phenols is 1. The van der Waals surface area contributed by atoms with Gasteiger partial charge in [-0.15, -0.1) is 0 Å². The Balaban J connectivity index is 1.35. The summed E-state index contributed by atoms with van der Waals surface area (Å²) < 4.78 is 59.8. The van der Waals surface area contributed by atoms with Crippen molar-refractivity contribution in [2.24, 2.45) is 5.41 Å². The fraction of sp³-hybridized carbons (Fsp3) is 0.257. The monoisotopic (exact) mass is 1400 g/mol. The largest absolute Gasteiger partial charge is 0.507 e. The highest BCUT2D eigenvalue weighted by Crippen LogP contribution is 2.35. The third kappa shape index (κ3) is 24.4. The van der Waals surface area contributed by atoms with Crippen molar-refractivity contribution in [2.75, 3.05) is 66.1 Å². The molecule has 1 aromatic heterocycles. The van der Waals surface area contributed by atoms with Crippen molar-refractivity contribution in [1.82, 2.24) is 30.9 Å². The third-order valence-corrected chi connectivity index (χ3v) is 14.4. The second kappa shape index (κ2) is 37.3. The number of alkyl carbamates (subject to hydrolysis) is 3. The number of rotatable bonds is 37. The van der Waals surface area contributed by atoms with Crippen LogP contribution in [0.4, 0.5) is 14.4 Å². The van der Waals surface area contributed by atoms with Crippen molar-refractivity contribution in [3.8, 4) is 67.9 Å². The predicted molar refractivity (Wildman–Crippen MR) is 368 cm³/mol. The first-order chi connectivity index (χ1) is 48.7. The zero-order chi connectivity index (χ0) is 74.5. The van der Waals surface area contributed by atoms with Gasteiger partial charge in [0.25, 0.3) is 0 Å². The highest BCUT2D eigenvalue weighted by Gasteiger charge is 2.42. The molecule has 1 unspecified atom stereocenters. The smallest absolute Gasteiger partial charge is 0.407 e. The Morgan fingerprint density at radius 2 is 0.667 bits per heavy atom. The van der Waals surface area contributed by atoms with Gasteiger partial charge in [0.15, 0.2) is 23.6 Å². The Labute approximate surface area is 587 Å². The van der Waals surface area contributed by atoms with E-state index in [-0.39, 0.29) is 28.8 Å². The lowest BCUT2D eigenvalue weighted by atomic mass is 9.92. The van der Waals surface area contributed by atoms with Crippen LogP contribution in [0.25, 0.3) is 56.4 Å². The summed E-state index contributed by atoms with van der Waals surface area (Å²) in [6.07, 6.45) is -0.764. The molecule has 0 aliphatic rings. The van der Waals surface area contributed by atoms with Gasteiger partial charge < -0.3 is 73.2 Å². The molecule has 0 fully saturated rings. The van der Waals surface area contributed by atoms with Gasteiger partial charge in [0.1, 0.15) is 99.6 Å². The first-order valence-corrected chi connectivity index (χ1v) is 31.0. The van der Waals surface area contributed by atoms with Crippen molar-refractivity contribution in [1.29, 1.82) is 0 Å². The van der Waals surface area contributed by atoms with Crippen LogP contribution in [0.15, 0.2) is 203 Å². The Morgan fingerprint density at radius 1 is 0.382 bits per heavy atom. The fourth-order valence-corrected chi connectivity index (χ4v) is 8.84. The number of aromatic hydroxyl groups is 1. The first kappa shape index (κ1) is 78.2. The molecule has 4 N–H and O–H groups in total. The number of ether oxygens (including phenoxy) is 11. The molecule has 3 amide bonds. The number of amides is 3. The molecule has 0 radical (unpaired) electrons. The minimum absolute atomic E-state index is 0.0653. The van der Waals surface area contributed by atoms with Crippen LogP contribution in [-0.2, 0) is 80.9 Å². The molecule has 1 heterocycles. The van der Waals surface area contributed by atoms with E-state index in [1.807, 2.05) is 109 Å². The van der Waals surface area contributed by atoms with Crippen LogP contribution in [0, 0.1) is 5.41 Å². The summed E-state index contributed by atoms with van der Waals surface area (Å²) in [5.41, 5.74) is -2.29. The number of phenolic OH excluding ortho intramolecular Hbond substituents is 1. The average molecular weight is 1400 g/mol. The highest BCUT2D eigenvalue weighted by molar-refractivity contribution is 5.84. The maximum Gasteiger partial charge on any atom is 0.407 e. The van der Waals surface area contributed by atoms with E-state index < -0.39 is 160 Å². The number of esters is 7. The van der Waals surface area contributed by atoms with Gasteiger partial charge in [0.2, 0.25) is 0 Å². The van der Waals surface area contributed by atoms with Crippen LogP contribution in [0.2, 0.25) is 0 Å². The standard InChI is InChI=1S/C74H76N6O22/c1-11-58(82)92-38-71(8,39-93-59(83)12-2)78-68(89)99-45-74(46-100-69(90)79-72(9,40-94-60(84)13-3)41-95-61(85)14-4,47-101-70(91)80-73(10,42-96-62(86)15-5)43-97-63(87)16-6)44-98-67(88)48(7)102-55-35-36-56(57(81)37-55)66-76-64(53-31-27-51(28-32-53)49-23-19-17-20-24-49)75-65(77-66)54-33-29-52(30-34-54)50-25-21-18-22-26-50/h11-37,48,81H,1-6,38-47H2,7-10H3,(H,78,89)(H,79,90)(H,80,91). The van der Waals surface area contributed by atoms with E-state index in [1.54, 1.807) is 0 Å². The molecule has 6 aromatic rings. The number of carbonyl (C=O) groups excluding carboxylic acids is 10. The van der Waals surface area contributed by atoms with E-state index in [9.17, 15) is 53.1 Å². The van der Waals surface area contributed by atoms with Gasteiger partial charge in [0.05, 0.1) is 5.56 Å².